The fourth-order valence-corrected chi connectivity index (χ4v) is 2.97. The van der Waals surface area contributed by atoms with Crippen LogP contribution in [0.4, 0.5) is 0 Å². The number of nitrogens with one attached hydrogen (secondary N) is 1. The molecule has 1 aromatic carbocycles. The summed E-state index contributed by atoms with van der Waals surface area (Å²) < 4.78 is 1.18. The van der Waals surface area contributed by atoms with E-state index >= 15 is 0 Å². The van der Waals surface area contributed by atoms with Gasteiger partial charge in [-0.25, -0.2) is 4.98 Å². The minimum Gasteiger partial charge on any atom is -0.480 e. The van der Waals surface area contributed by atoms with Gasteiger partial charge >= 0.3 is 5.97 Å². The molecule has 0 aliphatic rings. The molecule has 21 heavy (non-hydrogen) atoms. The lowest BCUT2D eigenvalue weighted by atomic mass is 10.2. The summed E-state index contributed by atoms with van der Waals surface area (Å²) in [5.41, 5.74) is 1.02. The Morgan fingerprint density at radius 2 is 2.10 bits per heavy atom. The highest BCUT2D eigenvalue weighted by atomic mass is 32.1. The number of fused-ring (bicyclic) bond motifs is 1. The SMILES string of the molecule is C[C@@H](NC(=O)CCCCc1nc2ccccc2s1)C(=O)O. The van der Waals surface area contributed by atoms with E-state index in [0.29, 0.717) is 6.42 Å². The molecule has 2 aromatic rings. The van der Waals surface area contributed by atoms with Crippen molar-refractivity contribution >= 4 is 33.4 Å². The maximum Gasteiger partial charge on any atom is 0.325 e. The molecule has 0 saturated heterocycles. The van der Waals surface area contributed by atoms with Crippen LogP contribution in [-0.2, 0) is 16.0 Å². The van der Waals surface area contributed by atoms with Crippen LogP contribution in [-0.4, -0.2) is 28.0 Å². The normalized spacial score (nSPS) is 12.2. The van der Waals surface area contributed by atoms with Crippen molar-refractivity contribution in [2.45, 2.75) is 38.6 Å². The predicted octanol–water partition coefficient (Wildman–Crippen LogP) is 2.60. The molecule has 1 amide bonds. The molecule has 2 rings (SSSR count). The summed E-state index contributed by atoms with van der Waals surface area (Å²) in [5.74, 6) is -1.23. The van der Waals surface area contributed by atoms with Gasteiger partial charge in [-0.3, -0.25) is 9.59 Å². The fourth-order valence-electron chi connectivity index (χ4n) is 1.96. The maximum atomic E-state index is 11.5. The number of amides is 1. The molecule has 1 atom stereocenters. The van der Waals surface area contributed by atoms with Crippen LogP contribution in [0.3, 0.4) is 0 Å². The highest BCUT2D eigenvalue weighted by molar-refractivity contribution is 7.18. The first-order chi connectivity index (χ1) is 10.1. The summed E-state index contributed by atoms with van der Waals surface area (Å²) in [4.78, 5) is 26.7. The number of carboxylic acid groups (broad SMARTS) is 1. The van der Waals surface area contributed by atoms with Gasteiger partial charge < -0.3 is 10.4 Å². The van der Waals surface area contributed by atoms with Crippen LogP contribution >= 0.6 is 11.3 Å². The highest BCUT2D eigenvalue weighted by Crippen LogP contribution is 2.22. The molecule has 0 bridgehead atoms. The van der Waals surface area contributed by atoms with E-state index < -0.39 is 12.0 Å². The number of aryl methyl sites for hydroxylation is 1. The van der Waals surface area contributed by atoms with Gasteiger partial charge in [0.05, 0.1) is 15.2 Å². The largest absolute Gasteiger partial charge is 0.480 e. The van der Waals surface area contributed by atoms with Crippen LogP contribution in [0.2, 0.25) is 0 Å². The van der Waals surface area contributed by atoms with Crippen LogP contribution in [0.1, 0.15) is 31.2 Å². The topological polar surface area (TPSA) is 79.3 Å². The number of hydrogen-bond donors (Lipinski definition) is 2. The number of benzene rings is 1. The van der Waals surface area contributed by atoms with Crippen molar-refractivity contribution in [2.24, 2.45) is 0 Å². The zero-order valence-corrected chi connectivity index (χ0v) is 12.7. The number of hydrogen-bond acceptors (Lipinski definition) is 4. The Kier molecular flexibility index (Phi) is 5.27. The molecule has 1 heterocycles. The van der Waals surface area contributed by atoms with Crippen molar-refractivity contribution in [1.29, 1.82) is 0 Å². The van der Waals surface area contributed by atoms with Gasteiger partial charge in [-0.05, 0) is 38.3 Å². The lowest BCUT2D eigenvalue weighted by Gasteiger charge is -2.08. The number of aromatic nitrogens is 1. The van der Waals surface area contributed by atoms with Gasteiger partial charge in [0.25, 0.3) is 0 Å². The smallest absolute Gasteiger partial charge is 0.325 e. The Bertz CT molecular complexity index is 606. The summed E-state index contributed by atoms with van der Waals surface area (Å²) in [6, 6.07) is 7.19. The summed E-state index contributed by atoms with van der Waals surface area (Å²) in [5, 5.41) is 12.2. The molecule has 0 aliphatic carbocycles. The molecule has 0 spiro atoms. The highest BCUT2D eigenvalue weighted by Gasteiger charge is 2.13. The zero-order chi connectivity index (χ0) is 15.2. The molecule has 0 radical (unpaired) electrons. The zero-order valence-electron chi connectivity index (χ0n) is 11.8. The van der Waals surface area contributed by atoms with Gasteiger partial charge in [-0.15, -0.1) is 11.3 Å². The lowest BCUT2D eigenvalue weighted by Crippen LogP contribution is -2.38. The third kappa shape index (κ3) is 4.53. The number of unbranched alkanes of at least 4 members (excludes halogenated alkanes) is 1. The first-order valence-corrected chi connectivity index (χ1v) is 7.74. The first kappa shape index (κ1) is 15.4. The van der Waals surface area contributed by atoms with Crippen molar-refractivity contribution in [3.8, 4) is 0 Å². The number of carbonyl (C=O) groups is 2. The van der Waals surface area contributed by atoms with E-state index in [4.69, 9.17) is 5.11 Å². The average Bonchev–Trinajstić information content (AvgIpc) is 2.86. The number of carbonyl (C=O) groups excluding carboxylic acids is 1. The number of aliphatic carboxylic acids is 1. The Balaban J connectivity index is 1.72. The number of para-hydroxylation sites is 1. The van der Waals surface area contributed by atoms with Crippen LogP contribution in [0.25, 0.3) is 10.2 Å². The molecular formula is C15H18N2O3S. The Morgan fingerprint density at radius 3 is 2.81 bits per heavy atom. The van der Waals surface area contributed by atoms with E-state index in [0.717, 1.165) is 29.8 Å². The standard InChI is InChI=1S/C15H18N2O3S/c1-10(15(19)20)16-13(18)8-4-5-9-14-17-11-6-2-3-7-12(11)21-14/h2-3,6-7,10H,4-5,8-9H2,1H3,(H,16,18)(H,19,20)/t10-/m1/s1. The second-order valence-corrected chi connectivity index (χ2v) is 6.03. The van der Waals surface area contributed by atoms with Gasteiger partial charge in [0.15, 0.2) is 0 Å². The van der Waals surface area contributed by atoms with Gasteiger partial charge in [-0.2, -0.15) is 0 Å². The number of rotatable bonds is 7. The molecular weight excluding hydrogens is 288 g/mol. The molecule has 0 aliphatic heterocycles. The van der Waals surface area contributed by atoms with E-state index in [2.05, 4.69) is 16.4 Å². The van der Waals surface area contributed by atoms with Crippen LogP contribution < -0.4 is 5.32 Å². The third-order valence-corrected chi connectivity index (χ3v) is 4.23. The van der Waals surface area contributed by atoms with E-state index in [1.807, 2.05) is 18.2 Å². The Labute approximate surface area is 127 Å². The minimum absolute atomic E-state index is 0.214. The lowest BCUT2D eigenvalue weighted by molar-refractivity contribution is -0.141. The van der Waals surface area contributed by atoms with Gasteiger partial charge in [0.2, 0.25) is 5.91 Å². The van der Waals surface area contributed by atoms with Crippen LogP contribution in [0.15, 0.2) is 24.3 Å². The molecule has 2 N–H and O–H groups in total. The van der Waals surface area contributed by atoms with E-state index in [1.54, 1.807) is 11.3 Å². The maximum absolute atomic E-state index is 11.5. The summed E-state index contributed by atoms with van der Waals surface area (Å²) >= 11 is 1.68. The van der Waals surface area contributed by atoms with Crippen molar-refractivity contribution in [3.05, 3.63) is 29.3 Å². The van der Waals surface area contributed by atoms with Crippen LogP contribution in [0.5, 0.6) is 0 Å². The molecule has 0 fully saturated rings. The second kappa shape index (κ2) is 7.17. The van der Waals surface area contributed by atoms with Crippen LogP contribution in [0, 0.1) is 0 Å². The molecule has 5 nitrogen and oxygen atoms in total. The molecule has 6 heteroatoms. The molecule has 1 aromatic heterocycles. The summed E-state index contributed by atoms with van der Waals surface area (Å²) in [7, 11) is 0. The van der Waals surface area contributed by atoms with Crippen molar-refractivity contribution in [1.82, 2.24) is 10.3 Å². The predicted molar refractivity (Wildman–Crippen MR) is 82.4 cm³/mol. The van der Waals surface area contributed by atoms with Crippen molar-refractivity contribution in [2.75, 3.05) is 0 Å². The van der Waals surface area contributed by atoms with E-state index in [9.17, 15) is 9.59 Å². The quantitative estimate of drug-likeness (QED) is 0.771. The molecule has 0 saturated carbocycles. The monoisotopic (exact) mass is 306 g/mol. The third-order valence-electron chi connectivity index (χ3n) is 3.13. The first-order valence-electron chi connectivity index (χ1n) is 6.93. The molecule has 0 unspecified atom stereocenters. The molecule has 112 valence electrons. The van der Waals surface area contributed by atoms with Crippen molar-refractivity contribution < 1.29 is 14.7 Å². The minimum atomic E-state index is -1.02. The van der Waals surface area contributed by atoms with Gasteiger partial charge in [-0.1, -0.05) is 12.1 Å². The van der Waals surface area contributed by atoms with Gasteiger partial charge in [0, 0.05) is 6.42 Å². The van der Waals surface area contributed by atoms with Gasteiger partial charge in [0.1, 0.15) is 6.04 Å². The fraction of sp³-hybridized carbons (Fsp3) is 0.400. The number of nitrogens with zero attached hydrogens (tertiary/aromatic N) is 1. The van der Waals surface area contributed by atoms with Crippen molar-refractivity contribution in [3.63, 3.8) is 0 Å². The Hall–Kier alpha value is -1.95. The second-order valence-electron chi connectivity index (χ2n) is 4.91. The van der Waals surface area contributed by atoms with E-state index in [1.165, 1.54) is 11.6 Å². The number of carboxylic acids is 1. The number of thiazole rings is 1. The Morgan fingerprint density at radius 1 is 1.33 bits per heavy atom. The summed E-state index contributed by atoms with van der Waals surface area (Å²) in [6.07, 6.45) is 2.80. The van der Waals surface area contributed by atoms with E-state index in [-0.39, 0.29) is 5.91 Å². The average molecular weight is 306 g/mol. The summed E-state index contributed by atoms with van der Waals surface area (Å²) in [6.45, 7) is 1.46.